The van der Waals surface area contributed by atoms with Gasteiger partial charge in [0.2, 0.25) is 5.88 Å². The van der Waals surface area contributed by atoms with Crippen LogP contribution in [-0.4, -0.2) is 24.8 Å². The highest BCUT2D eigenvalue weighted by Crippen LogP contribution is 2.41. The zero-order chi connectivity index (χ0) is 19.0. The summed E-state index contributed by atoms with van der Waals surface area (Å²) in [5.74, 6) is -0.514. The van der Waals surface area contributed by atoms with Crippen LogP contribution in [0.4, 0.5) is 0 Å². The summed E-state index contributed by atoms with van der Waals surface area (Å²) < 4.78 is 17.3. The average Bonchev–Trinajstić information content (AvgIpc) is 2.64. The molecule has 0 saturated heterocycles. The summed E-state index contributed by atoms with van der Waals surface area (Å²) in [4.78, 5) is 25.4. The van der Waals surface area contributed by atoms with Crippen LogP contribution in [0.15, 0.2) is 46.6 Å². The second-order valence-corrected chi connectivity index (χ2v) is 6.01. The van der Waals surface area contributed by atoms with Gasteiger partial charge in [-0.15, -0.1) is 0 Å². The van der Waals surface area contributed by atoms with Gasteiger partial charge in [0.25, 0.3) is 5.56 Å². The molecule has 0 saturated carbocycles. The Labute approximate surface area is 150 Å². The number of hydrogen-bond acceptors (Lipinski definition) is 6. The number of carbonyl (C=O) groups is 1. The lowest BCUT2D eigenvalue weighted by atomic mass is 9.83. The van der Waals surface area contributed by atoms with E-state index < -0.39 is 11.9 Å². The quantitative estimate of drug-likeness (QED) is 0.839. The molecule has 136 valence electrons. The molecule has 7 heteroatoms. The summed E-state index contributed by atoms with van der Waals surface area (Å²) in [6, 6.07) is 8.85. The first-order valence-electron chi connectivity index (χ1n) is 7.99. The van der Waals surface area contributed by atoms with Gasteiger partial charge in [-0.3, -0.25) is 4.79 Å². The molecule has 0 amide bonds. The lowest BCUT2D eigenvalue weighted by molar-refractivity contribution is -0.136. The van der Waals surface area contributed by atoms with Crippen molar-refractivity contribution >= 4 is 5.97 Å². The second kappa shape index (κ2) is 6.59. The van der Waals surface area contributed by atoms with Crippen molar-refractivity contribution in [2.45, 2.75) is 12.8 Å². The zero-order valence-electron chi connectivity index (χ0n) is 15.0. The lowest BCUT2D eigenvalue weighted by Gasteiger charge is -2.28. The van der Waals surface area contributed by atoms with Gasteiger partial charge in [0.05, 0.1) is 25.7 Å². The number of fused-ring (bicyclic) bond motifs is 1. The Bertz CT molecular complexity index is 974. The Morgan fingerprint density at radius 2 is 2.00 bits per heavy atom. The number of hydrogen-bond donors (Lipinski definition) is 1. The molecule has 1 aliphatic heterocycles. The van der Waals surface area contributed by atoms with Crippen LogP contribution in [0.2, 0.25) is 0 Å². The molecule has 3 rings (SSSR count). The molecule has 2 N–H and O–H groups in total. The molecule has 1 atom stereocenters. The minimum Gasteiger partial charge on any atom is -0.497 e. The largest absolute Gasteiger partial charge is 0.497 e. The number of nitrogens with zero attached hydrogens (tertiary/aromatic N) is 1. The first-order valence-corrected chi connectivity index (χ1v) is 7.99. The number of carbonyl (C=O) groups excluding carboxylic acids is 1. The van der Waals surface area contributed by atoms with Crippen molar-refractivity contribution in [1.82, 2.24) is 4.57 Å². The molecule has 1 aromatic carbocycles. The van der Waals surface area contributed by atoms with E-state index in [0.29, 0.717) is 28.3 Å². The Morgan fingerprint density at radius 1 is 1.27 bits per heavy atom. The van der Waals surface area contributed by atoms with E-state index in [2.05, 4.69) is 0 Å². The van der Waals surface area contributed by atoms with E-state index in [1.807, 2.05) is 0 Å². The van der Waals surface area contributed by atoms with Crippen LogP contribution in [0.25, 0.3) is 0 Å². The topological polar surface area (TPSA) is 92.8 Å². The summed E-state index contributed by atoms with van der Waals surface area (Å²) >= 11 is 0. The fourth-order valence-electron chi connectivity index (χ4n) is 3.10. The highest BCUT2D eigenvalue weighted by Gasteiger charge is 2.38. The number of aryl methyl sites for hydroxylation is 1. The van der Waals surface area contributed by atoms with Crippen molar-refractivity contribution in [1.29, 1.82) is 0 Å². The number of aromatic nitrogens is 1. The summed E-state index contributed by atoms with van der Waals surface area (Å²) in [6.07, 6.45) is 0. The lowest BCUT2D eigenvalue weighted by Crippen LogP contribution is -2.34. The smallest absolute Gasteiger partial charge is 0.340 e. The number of benzene rings is 1. The molecule has 7 nitrogen and oxygen atoms in total. The van der Waals surface area contributed by atoms with E-state index in [9.17, 15) is 9.59 Å². The van der Waals surface area contributed by atoms with Gasteiger partial charge >= 0.3 is 5.97 Å². The number of ether oxygens (including phenoxy) is 3. The van der Waals surface area contributed by atoms with E-state index >= 15 is 0 Å². The van der Waals surface area contributed by atoms with E-state index in [0.717, 1.165) is 0 Å². The molecule has 2 heterocycles. The summed E-state index contributed by atoms with van der Waals surface area (Å²) in [6.45, 7) is 1.79. The Kier molecular flexibility index (Phi) is 4.46. The predicted molar refractivity (Wildman–Crippen MR) is 95.1 cm³/mol. The van der Waals surface area contributed by atoms with E-state index in [1.54, 1.807) is 51.4 Å². The maximum atomic E-state index is 13.0. The van der Waals surface area contributed by atoms with Gasteiger partial charge in [-0.2, -0.15) is 0 Å². The number of esters is 1. The van der Waals surface area contributed by atoms with Crippen LogP contribution in [0.3, 0.4) is 0 Å². The third-order valence-electron chi connectivity index (χ3n) is 4.56. The van der Waals surface area contributed by atoms with Gasteiger partial charge in [0.1, 0.15) is 17.1 Å². The molecule has 0 fully saturated rings. The van der Waals surface area contributed by atoms with Crippen molar-refractivity contribution in [3.05, 3.63) is 69.0 Å². The summed E-state index contributed by atoms with van der Waals surface area (Å²) in [7, 11) is 4.47. The van der Waals surface area contributed by atoms with Crippen molar-refractivity contribution in [3.8, 4) is 11.5 Å². The molecule has 0 aliphatic carbocycles. The molecule has 0 bridgehead atoms. The fourth-order valence-corrected chi connectivity index (χ4v) is 3.10. The summed E-state index contributed by atoms with van der Waals surface area (Å²) in [5.41, 5.74) is 7.58. The number of pyridine rings is 1. The SMILES string of the molecule is COC(=O)C1=C(N)Oc2cc(C)n(C)c(=O)c2[C@@H]1c1cccc(OC)c1. The van der Waals surface area contributed by atoms with Crippen molar-refractivity contribution in [2.75, 3.05) is 14.2 Å². The predicted octanol–water partition coefficient (Wildman–Crippen LogP) is 1.57. The van der Waals surface area contributed by atoms with Gasteiger partial charge in [-0.05, 0) is 24.6 Å². The van der Waals surface area contributed by atoms with Crippen LogP contribution < -0.4 is 20.8 Å². The molecular weight excluding hydrogens is 336 g/mol. The molecule has 1 aromatic heterocycles. The third-order valence-corrected chi connectivity index (χ3v) is 4.56. The van der Waals surface area contributed by atoms with Crippen LogP contribution in [0.5, 0.6) is 11.5 Å². The molecule has 0 spiro atoms. The molecule has 0 radical (unpaired) electrons. The van der Waals surface area contributed by atoms with Crippen molar-refractivity contribution < 1.29 is 19.0 Å². The van der Waals surface area contributed by atoms with Crippen molar-refractivity contribution in [3.63, 3.8) is 0 Å². The van der Waals surface area contributed by atoms with Gasteiger partial charge in [0, 0.05) is 18.8 Å². The van der Waals surface area contributed by atoms with E-state index in [-0.39, 0.29) is 17.0 Å². The number of rotatable bonds is 3. The molecular formula is C19H20N2O5. The molecule has 0 unspecified atom stereocenters. The Hall–Kier alpha value is -3.22. The maximum Gasteiger partial charge on any atom is 0.340 e. The van der Waals surface area contributed by atoms with E-state index in [4.69, 9.17) is 19.9 Å². The minimum absolute atomic E-state index is 0.0789. The van der Waals surface area contributed by atoms with E-state index in [1.165, 1.54) is 11.7 Å². The molecule has 1 aliphatic rings. The molecule has 2 aromatic rings. The van der Waals surface area contributed by atoms with Crippen molar-refractivity contribution in [2.24, 2.45) is 12.8 Å². The number of methoxy groups -OCH3 is 2. The van der Waals surface area contributed by atoms with Crippen LogP contribution in [0.1, 0.15) is 22.7 Å². The Morgan fingerprint density at radius 3 is 2.65 bits per heavy atom. The van der Waals surface area contributed by atoms with Gasteiger partial charge in [-0.1, -0.05) is 12.1 Å². The number of nitrogens with two attached hydrogens (primary N) is 1. The molecule has 26 heavy (non-hydrogen) atoms. The van der Waals surface area contributed by atoms with Gasteiger partial charge in [0.15, 0.2) is 0 Å². The van der Waals surface area contributed by atoms with Crippen LogP contribution >= 0.6 is 0 Å². The zero-order valence-corrected chi connectivity index (χ0v) is 15.0. The average molecular weight is 356 g/mol. The summed E-state index contributed by atoms with van der Waals surface area (Å²) in [5, 5.41) is 0. The fraction of sp³-hybridized carbons (Fsp3) is 0.263. The minimum atomic E-state index is -0.722. The van der Waals surface area contributed by atoms with Gasteiger partial charge < -0.3 is 24.5 Å². The first-order chi connectivity index (χ1) is 12.4. The highest BCUT2D eigenvalue weighted by molar-refractivity contribution is 5.92. The normalized spacial score (nSPS) is 15.9. The standard InChI is InChI=1S/C19H20N2O5/c1-10-8-13-15(18(22)21(10)2)14(11-6-5-7-12(9-11)24-3)16(17(20)26-13)19(23)25-4/h5-9,14H,20H2,1-4H3/t14-/m0/s1. The van der Waals surface area contributed by atoms with Gasteiger partial charge in [-0.25, -0.2) is 4.79 Å². The van der Waals surface area contributed by atoms with Crippen LogP contribution in [-0.2, 0) is 16.6 Å². The first kappa shape index (κ1) is 17.6. The third kappa shape index (κ3) is 2.71. The Balaban J connectivity index is 2.34. The maximum absolute atomic E-state index is 13.0. The monoisotopic (exact) mass is 356 g/mol. The highest BCUT2D eigenvalue weighted by atomic mass is 16.5. The second-order valence-electron chi connectivity index (χ2n) is 6.01. The van der Waals surface area contributed by atoms with Crippen LogP contribution in [0, 0.1) is 6.92 Å².